The van der Waals surface area contributed by atoms with Crippen LogP contribution >= 0.6 is 11.6 Å². The van der Waals surface area contributed by atoms with Gasteiger partial charge in [-0.1, -0.05) is 29.8 Å². The van der Waals surface area contributed by atoms with Gasteiger partial charge in [-0.25, -0.2) is 4.39 Å². The first-order valence-corrected chi connectivity index (χ1v) is 6.22. The molecule has 0 radical (unpaired) electrons. The Morgan fingerprint density at radius 3 is 2.39 bits per heavy atom. The highest BCUT2D eigenvalue weighted by atomic mass is 35.5. The molecule has 2 rings (SSSR count). The van der Waals surface area contributed by atoms with Crippen LogP contribution in [0.1, 0.15) is 18.5 Å². The van der Waals surface area contributed by atoms with Gasteiger partial charge in [-0.2, -0.15) is 0 Å². The van der Waals surface area contributed by atoms with Gasteiger partial charge in [0.1, 0.15) is 5.82 Å². The molecule has 2 aromatic carbocycles. The third-order valence-corrected chi connectivity index (χ3v) is 3.41. The monoisotopic (exact) mass is 263 g/mol. The second-order valence-corrected chi connectivity index (χ2v) is 4.66. The lowest BCUT2D eigenvalue weighted by molar-refractivity contribution is 0.628. The Bertz CT molecular complexity index is 537. The number of halogens is 2. The van der Waals surface area contributed by atoms with Crippen LogP contribution in [0.15, 0.2) is 42.5 Å². The largest absolute Gasteiger partial charge is 0.313 e. The van der Waals surface area contributed by atoms with E-state index in [1.807, 2.05) is 25.2 Å². The molecule has 0 aliphatic carbocycles. The molecule has 0 amide bonds. The third-order valence-electron chi connectivity index (χ3n) is 3.08. The fourth-order valence-electron chi connectivity index (χ4n) is 1.83. The maximum Gasteiger partial charge on any atom is 0.123 e. The van der Waals surface area contributed by atoms with Gasteiger partial charge in [0, 0.05) is 16.6 Å². The maximum absolute atomic E-state index is 12.9. The number of benzene rings is 2. The predicted molar refractivity (Wildman–Crippen MR) is 74.3 cm³/mol. The van der Waals surface area contributed by atoms with E-state index in [4.69, 9.17) is 11.6 Å². The highest BCUT2D eigenvalue weighted by Gasteiger charge is 2.08. The van der Waals surface area contributed by atoms with E-state index in [2.05, 4.69) is 12.2 Å². The predicted octanol–water partition coefficient (Wildman–Crippen LogP) is 4.43. The fourth-order valence-corrected chi connectivity index (χ4v) is 2.06. The fraction of sp³-hybridized carbons (Fsp3) is 0.200. The van der Waals surface area contributed by atoms with Crippen molar-refractivity contribution in [1.29, 1.82) is 0 Å². The van der Waals surface area contributed by atoms with Gasteiger partial charge in [0.05, 0.1) is 0 Å². The van der Waals surface area contributed by atoms with Crippen molar-refractivity contribution in [2.24, 2.45) is 0 Å². The zero-order chi connectivity index (χ0) is 13.1. The summed E-state index contributed by atoms with van der Waals surface area (Å²) in [5, 5.41) is 3.86. The minimum Gasteiger partial charge on any atom is -0.313 e. The second kappa shape index (κ2) is 5.51. The minimum atomic E-state index is -0.241. The van der Waals surface area contributed by atoms with Crippen LogP contribution in [-0.4, -0.2) is 7.05 Å². The molecule has 0 saturated heterocycles. The summed E-state index contributed by atoms with van der Waals surface area (Å²) in [6, 6.07) is 12.5. The standard InChI is InChI=1S/C15H15ClFN/c1-10(18-2)12-5-8-15(16)14(9-12)11-3-6-13(17)7-4-11/h3-10,18H,1-2H3. The van der Waals surface area contributed by atoms with E-state index in [0.29, 0.717) is 5.02 Å². The van der Waals surface area contributed by atoms with Crippen molar-refractivity contribution in [3.05, 3.63) is 58.9 Å². The minimum absolute atomic E-state index is 0.241. The molecule has 0 aromatic heterocycles. The van der Waals surface area contributed by atoms with Crippen LogP contribution in [0.5, 0.6) is 0 Å². The van der Waals surface area contributed by atoms with Crippen LogP contribution in [0.2, 0.25) is 5.02 Å². The van der Waals surface area contributed by atoms with Crippen LogP contribution < -0.4 is 5.32 Å². The molecule has 0 aliphatic heterocycles. The Labute approximate surface area is 112 Å². The molecule has 0 saturated carbocycles. The molecule has 2 aromatic rings. The molecule has 0 bridgehead atoms. The Morgan fingerprint density at radius 1 is 1.11 bits per heavy atom. The summed E-state index contributed by atoms with van der Waals surface area (Å²) in [6.45, 7) is 2.08. The van der Waals surface area contributed by atoms with E-state index in [9.17, 15) is 4.39 Å². The number of nitrogens with one attached hydrogen (secondary N) is 1. The van der Waals surface area contributed by atoms with Crippen molar-refractivity contribution in [1.82, 2.24) is 5.32 Å². The quantitative estimate of drug-likeness (QED) is 0.864. The Balaban J connectivity index is 2.46. The van der Waals surface area contributed by atoms with Crippen molar-refractivity contribution >= 4 is 11.6 Å². The van der Waals surface area contributed by atoms with Crippen molar-refractivity contribution in [3.63, 3.8) is 0 Å². The average molecular weight is 264 g/mol. The summed E-state index contributed by atoms with van der Waals surface area (Å²) in [6.07, 6.45) is 0. The van der Waals surface area contributed by atoms with Gasteiger partial charge in [0.15, 0.2) is 0 Å². The maximum atomic E-state index is 12.9. The first-order chi connectivity index (χ1) is 8.61. The van der Waals surface area contributed by atoms with Crippen LogP contribution in [0.4, 0.5) is 4.39 Å². The SMILES string of the molecule is CNC(C)c1ccc(Cl)c(-c2ccc(F)cc2)c1. The zero-order valence-electron chi connectivity index (χ0n) is 10.4. The first kappa shape index (κ1) is 13.1. The molecule has 0 spiro atoms. The molecule has 1 atom stereocenters. The van der Waals surface area contributed by atoms with Crippen LogP contribution in [0.3, 0.4) is 0 Å². The van der Waals surface area contributed by atoms with Crippen molar-refractivity contribution in [3.8, 4) is 11.1 Å². The summed E-state index contributed by atoms with van der Waals surface area (Å²) in [5.41, 5.74) is 3.00. The Morgan fingerprint density at radius 2 is 1.78 bits per heavy atom. The van der Waals surface area contributed by atoms with Gasteiger partial charge in [-0.05, 0) is 49.4 Å². The average Bonchev–Trinajstić information content (AvgIpc) is 2.39. The van der Waals surface area contributed by atoms with E-state index in [1.165, 1.54) is 12.1 Å². The molecule has 1 N–H and O–H groups in total. The molecule has 0 fully saturated rings. The highest BCUT2D eigenvalue weighted by Crippen LogP contribution is 2.30. The molecule has 94 valence electrons. The molecule has 0 heterocycles. The van der Waals surface area contributed by atoms with E-state index < -0.39 is 0 Å². The van der Waals surface area contributed by atoms with Gasteiger partial charge in [-0.15, -0.1) is 0 Å². The van der Waals surface area contributed by atoms with E-state index in [1.54, 1.807) is 12.1 Å². The number of hydrogen-bond acceptors (Lipinski definition) is 1. The molecular weight excluding hydrogens is 249 g/mol. The van der Waals surface area contributed by atoms with Crippen LogP contribution in [0.25, 0.3) is 11.1 Å². The first-order valence-electron chi connectivity index (χ1n) is 5.84. The van der Waals surface area contributed by atoms with Crippen LogP contribution in [0, 0.1) is 5.82 Å². The summed E-state index contributed by atoms with van der Waals surface area (Å²) in [4.78, 5) is 0. The van der Waals surface area contributed by atoms with Crippen molar-refractivity contribution in [2.45, 2.75) is 13.0 Å². The summed E-state index contributed by atoms with van der Waals surface area (Å²) < 4.78 is 12.9. The zero-order valence-corrected chi connectivity index (χ0v) is 11.1. The lowest BCUT2D eigenvalue weighted by Gasteiger charge is -2.13. The number of hydrogen-bond donors (Lipinski definition) is 1. The molecule has 18 heavy (non-hydrogen) atoms. The molecule has 3 heteroatoms. The van der Waals surface area contributed by atoms with E-state index in [-0.39, 0.29) is 11.9 Å². The highest BCUT2D eigenvalue weighted by molar-refractivity contribution is 6.33. The Hall–Kier alpha value is -1.38. The van der Waals surface area contributed by atoms with Gasteiger partial charge < -0.3 is 5.32 Å². The van der Waals surface area contributed by atoms with Gasteiger partial charge in [-0.3, -0.25) is 0 Å². The lowest BCUT2D eigenvalue weighted by atomic mass is 10.00. The molecule has 1 nitrogen and oxygen atoms in total. The van der Waals surface area contributed by atoms with Crippen molar-refractivity contribution in [2.75, 3.05) is 7.05 Å². The van der Waals surface area contributed by atoms with Crippen LogP contribution in [-0.2, 0) is 0 Å². The topological polar surface area (TPSA) is 12.0 Å². The van der Waals surface area contributed by atoms with Gasteiger partial charge in [0.2, 0.25) is 0 Å². The molecular formula is C15H15ClFN. The van der Waals surface area contributed by atoms with Gasteiger partial charge in [0.25, 0.3) is 0 Å². The number of rotatable bonds is 3. The molecule has 0 aliphatic rings. The lowest BCUT2D eigenvalue weighted by Crippen LogP contribution is -2.12. The third kappa shape index (κ3) is 2.71. The summed E-state index contributed by atoms with van der Waals surface area (Å²) in [5.74, 6) is -0.241. The molecule has 1 unspecified atom stereocenters. The normalized spacial score (nSPS) is 12.4. The smallest absolute Gasteiger partial charge is 0.123 e. The summed E-state index contributed by atoms with van der Waals surface area (Å²) >= 11 is 6.20. The summed E-state index contributed by atoms with van der Waals surface area (Å²) in [7, 11) is 1.91. The second-order valence-electron chi connectivity index (χ2n) is 4.26. The van der Waals surface area contributed by atoms with Crippen molar-refractivity contribution < 1.29 is 4.39 Å². The van der Waals surface area contributed by atoms with Gasteiger partial charge >= 0.3 is 0 Å². The van der Waals surface area contributed by atoms with E-state index in [0.717, 1.165) is 16.7 Å². The Kier molecular flexibility index (Phi) is 4.00. The van der Waals surface area contributed by atoms with E-state index >= 15 is 0 Å².